The van der Waals surface area contributed by atoms with Gasteiger partial charge in [0.2, 0.25) is 5.89 Å². The van der Waals surface area contributed by atoms with Gasteiger partial charge in [0.15, 0.2) is 22.7 Å². The summed E-state index contributed by atoms with van der Waals surface area (Å²) >= 11 is 0. The third-order valence-electron chi connectivity index (χ3n) is 15.3. The number of hydrogen-bond acceptors (Lipinski definition) is 27. The highest BCUT2D eigenvalue weighted by molar-refractivity contribution is 6.04. The number of phenols is 2. The van der Waals surface area contributed by atoms with E-state index in [9.17, 15) is 29.4 Å². The van der Waals surface area contributed by atoms with E-state index in [-0.39, 0.29) is 70.3 Å². The number of fused-ring (bicyclic) bond motifs is 1. The van der Waals surface area contributed by atoms with Crippen LogP contribution < -0.4 is 59.0 Å². The van der Waals surface area contributed by atoms with Crippen LogP contribution in [0, 0.1) is 0 Å². The van der Waals surface area contributed by atoms with Crippen LogP contribution in [0.5, 0.6) is 63.2 Å². The number of nitrogens with zero attached hydrogens (tertiary/aromatic N) is 15. The lowest BCUT2D eigenvalue weighted by atomic mass is 10.2. The molecule has 14 aromatic rings. The molecule has 35 heteroatoms. The maximum Gasteiger partial charge on any atom is 0.363 e. The van der Waals surface area contributed by atoms with Crippen LogP contribution in [-0.4, -0.2) is 140 Å². The molecule has 0 saturated carbocycles. The van der Waals surface area contributed by atoms with Crippen molar-refractivity contribution in [2.24, 2.45) is 35.2 Å². The Morgan fingerprint density at radius 1 is 0.420 bits per heavy atom. The highest BCUT2D eigenvalue weighted by Crippen LogP contribution is 2.33. The molecule has 112 heavy (non-hydrogen) atoms. The summed E-state index contributed by atoms with van der Waals surface area (Å²) in [5.74, 6) is 2.99. The molecule has 0 fully saturated rings. The quantitative estimate of drug-likeness (QED) is 0.0142. The molecule has 4 aromatic carbocycles. The van der Waals surface area contributed by atoms with Crippen molar-refractivity contribution in [3.05, 3.63) is 254 Å². The first kappa shape index (κ1) is 79.2. The molecule has 0 bridgehead atoms. The first-order valence-electron chi connectivity index (χ1n) is 33.5. The summed E-state index contributed by atoms with van der Waals surface area (Å²) in [6.07, 6.45) is 22.2. The van der Waals surface area contributed by atoms with Gasteiger partial charge in [-0.25, -0.2) is 39.5 Å². The summed E-state index contributed by atoms with van der Waals surface area (Å²) in [6.45, 7) is 1.11. The fraction of sp³-hybridized carbons (Fsp3) is 0.169. The van der Waals surface area contributed by atoms with Crippen molar-refractivity contribution >= 4 is 51.9 Å². The van der Waals surface area contributed by atoms with Crippen molar-refractivity contribution in [2.45, 2.75) is 26.4 Å². The minimum absolute atomic E-state index is 0.0462. The molecule has 576 valence electrons. The lowest BCUT2D eigenvalue weighted by Crippen LogP contribution is -2.15. The Kier molecular flexibility index (Phi) is 27.1. The Morgan fingerprint density at radius 3 is 1.19 bits per heavy atom. The number of phenolic OH excluding ortho intramolecular Hbond substituents is 2. The van der Waals surface area contributed by atoms with Crippen molar-refractivity contribution in [1.82, 2.24) is 72.7 Å². The number of hydrogen-bond donors (Lipinski definition) is 6. The number of nitrogens with two attached hydrogens (primary N) is 1. The fourth-order valence-corrected chi connectivity index (χ4v) is 9.47. The average molecular weight is 1530 g/mol. The van der Waals surface area contributed by atoms with Crippen LogP contribution in [0.4, 0.5) is 17.1 Å². The van der Waals surface area contributed by atoms with E-state index in [4.69, 9.17) is 57.9 Å². The number of nitrogens with one attached hydrogen (secondary N) is 2. The second kappa shape index (κ2) is 38.3. The van der Waals surface area contributed by atoms with E-state index in [1.807, 2.05) is 60.3 Å². The summed E-state index contributed by atoms with van der Waals surface area (Å²) in [5.41, 5.74) is 12.1. The molecule has 0 aliphatic rings. The number of pyridine rings is 4. The van der Waals surface area contributed by atoms with Gasteiger partial charge in [0.05, 0.1) is 125 Å². The molecule has 0 spiro atoms. The SMILES string of the molecule is COc1ccc(COc2ccc(O)c(N)c2)nc1.COc1ccc(COc2ccc(O)c(NC(=O)c3cn(C)cn3)c2)nc1.COc1ccc(COc2ccc(OC(=O)c3cn(C)cn3)c(NC(=O)c3cn(C)cn3)c2)nc1.COc1ccc(COc2ccc3oc(-c4cn(C)cn4)nc3c2)nc1.Cn1cnc(C(=O)O)c1. The fourth-order valence-electron chi connectivity index (χ4n) is 9.47. The molecule has 10 aromatic heterocycles. The number of amides is 2. The van der Waals surface area contributed by atoms with Gasteiger partial charge in [0.25, 0.3) is 11.8 Å². The number of oxazole rings is 1. The number of aromatic carboxylic acids is 1. The summed E-state index contributed by atoms with van der Waals surface area (Å²) in [4.78, 5) is 88.8. The maximum absolute atomic E-state index is 12.7. The molecule has 0 unspecified atom stereocenters. The zero-order chi connectivity index (χ0) is 79.6. The molecule has 2 amide bonds. The zero-order valence-electron chi connectivity index (χ0n) is 61.8. The number of esters is 1. The monoisotopic (exact) mass is 1520 g/mol. The van der Waals surface area contributed by atoms with Crippen LogP contribution in [0.15, 0.2) is 213 Å². The predicted octanol–water partition coefficient (Wildman–Crippen LogP) is 10.3. The number of methoxy groups -OCH3 is 4. The zero-order valence-corrected chi connectivity index (χ0v) is 61.8. The Hall–Kier alpha value is -15.3. The van der Waals surface area contributed by atoms with Crippen molar-refractivity contribution < 1.29 is 81.5 Å². The van der Waals surface area contributed by atoms with Crippen molar-refractivity contribution in [2.75, 3.05) is 44.8 Å². The molecular formula is C77H76N18O17. The van der Waals surface area contributed by atoms with Gasteiger partial charge in [0.1, 0.15) is 107 Å². The van der Waals surface area contributed by atoms with Crippen LogP contribution in [0.1, 0.15) is 64.7 Å². The van der Waals surface area contributed by atoms with E-state index >= 15 is 0 Å². The number of carboxylic acid groups (broad SMARTS) is 1. The number of aromatic hydroxyl groups is 2. The second-order valence-corrected chi connectivity index (χ2v) is 23.8. The molecule has 35 nitrogen and oxygen atoms in total. The van der Waals surface area contributed by atoms with Gasteiger partial charge < -0.3 is 102 Å². The number of anilines is 3. The minimum atomic E-state index is -0.990. The van der Waals surface area contributed by atoms with E-state index < -0.39 is 23.8 Å². The topological polar surface area (TPSA) is 429 Å². The van der Waals surface area contributed by atoms with Gasteiger partial charge in [-0.1, -0.05) is 0 Å². The first-order chi connectivity index (χ1) is 54.0. The van der Waals surface area contributed by atoms with Crippen molar-refractivity contribution in [3.63, 3.8) is 0 Å². The number of rotatable bonds is 24. The third kappa shape index (κ3) is 23.1. The number of carbonyl (C=O) groups is 4. The largest absolute Gasteiger partial charge is 0.506 e. The minimum Gasteiger partial charge on any atom is -0.506 e. The highest BCUT2D eigenvalue weighted by Gasteiger charge is 2.20. The van der Waals surface area contributed by atoms with Crippen LogP contribution >= 0.6 is 0 Å². The number of ether oxygens (including phenoxy) is 9. The molecule has 0 radical (unpaired) electrons. The predicted molar refractivity (Wildman–Crippen MR) is 404 cm³/mol. The lowest BCUT2D eigenvalue weighted by Gasteiger charge is -2.13. The van der Waals surface area contributed by atoms with Gasteiger partial charge >= 0.3 is 11.9 Å². The number of nitrogen functional groups attached to an aromatic ring is 1. The molecule has 7 N–H and O–H groups in total. The normalized spacial score (nSPS) is 10.4. The molecule has 0 atom stereocenters. The second-order valence-electron chi connectivity index (χ2n) is 23.8. The number of carbonyl (C=O) groups excluding carboxylic acids is 3. The first-order valence-corrected chi connectivity index (χ1v) is 33.5. The Balaban J connectivity index is 0.000000155. The molecule has 0 saturated heterocycles. The van der Waals surface area contributed by atoms with Crippen molar-refractivity contribution in [1.29, 1.82) is 0 Å². The molecular weight excluding hydrogens is 1450 g/mol. The highest BCUT2D eigenvalue weighted by atomic mass is 16.5. The lowest BCUT2D eigenvalue weighted by molar-refractivity contribution is 0.0688. The van der Waals surface area contributed by atoms with E-state index in [1.165, 1.54) is 55.9 Å². The van der Waals surface area contributed by atoms with Crippen LogP contribution in [0.3, 0.4) is 0 Å². The summed E-state index contributed by atoms with van der Waals surface area (Å²) in [5, 5.41) is 32.9. The van der Waals surface area contributed by atoms with E-state index in [0.29, 0.717) is 76.3 Å². The number of benzene rings is 4. The molecule has 0 aliphatic carbocycles. The van der Waals surface area contributed by atoms with Gasteiger partial charge in [-0.05, 0) is 97.1 Å². The van der Waals surface area contributed by atoms with Crippen LogP contribution in [0.25, 0.3) is 22.7 Å². The summed E-state index contributed by atoms with van der Waals surface area (Å²) in [6, 6.07) is 34.1. The smallest absolute Gasteiger partial charge is 0.363 e. The van der Waals surface area contributed by atoms with E-state index in [1.54, 1.807) is 179 Å². The van der Waals surface area contributed by atoms with Crippen molar-refractivity contribution in [3.8, 4) is 74.8 Å². The third-order valence-corrected chi connectivity index (χ3v) is 15.3. The summed E-state index contributed by atoms with van der Waals surface area (Å²) in [7, 11) is 15.2. The van der Waals surface area contributed by atoms with E-state index in [0.717, 1.165) is 28.3 Å². The Labute approximate surface area is 639 Å². The number of imidazole rings is 5. The Morgan fingerprint density at radius 2 is 0.795 bits per heavy atom. The van der Waals surface area contributed by atoms with Gasteiger partial charge in [-0.2, -0.15) is 0 Å². The number of carboxylic acids is 1. The standard InChI is InChI=1S/C23H22N6O5.C18H18N4O4.C18H16N4O3.C13H14N2O3.C5H6N2O2/c1-28-10-19(25-13-28)22(30)27-18-8-16(33-12-15-4-5-17(32-3)9-24-15)6-7-21(18)34-23(31)20-11-29(2)14-26-20;1-22-9-16(20-11-22)18(24)21-15-7-13(5-6-17(15)23)26-10-12-3-4-14(25-2)8-19-12;1-22-9-16(20-11-22)18-21-15-7-13(5-6-17(15)25-18)24-10-12-3-4-14(23-2)8-19-12;1-17-11-3-2-9(15-7-11)8-18-10-4-5-13(16)12(14)6-10;1-7-2-4(5(8)9)6-3-7/h4-11,13-14H,12H2,1-3H3,(H,27,30);3-9,11,23H,10H2,1-2H3,(H,21,24);3-9,11H,10H2,1-2H3;2-7,16H,8,14H2,1H3;2-3H,1H3,(H,8,9). The molecule has 14 rings (SSSR count). The Bertz CT molecular complexity index is 5450. The van der Waals surface area contributed by atoms with Crippen LogP contribution in [-0.2, 0) is 61.7 Å². The van der Waals surface area contributed by atoms with Crippen LogP contribution in [0.2, 0.25) is 0 Å². The van der Waals surface area contributed by atoms with Gasteiger partial charge in [-0.15, -0.1) is 0 Å². The molecule has 0 aliphatic heterocycles. The molecule has 10 heterocycles. The summed E-state index contributed by atoms with van der Waals surface area (Å²) < 4.78 is 62.7. The average Bonchev–Trinajstić information content (AvgIpc) is 1.63. The number of aryl methyl sites for hydroxylation is 5. The number of aromatic nitrogens is 15. The van der Waals surface area contributed by atoms with Gasteiger partial charge in [0, 0.05) is 90.5 Å². The van der Waals surface area contributed by atoms with E-state index in [2.05, 4.69) is 60.5 Å². The maximum atomic E-state index is 12.7. The van der Waals surface area contributed by atoms with Gasteiger partial charge in [-0.3, -0.25) is 29.5 Å².